The number of carbonyl (C=O) groups is 1. The Labute approximate surface area is 152 Å². The zero-order valence-corrected chi connectivity index (χ0v) is 14.5. The van der Waals surface area contributed by atoms with Crippen molar-refractivity contribution in [2.24, 2.45) is 0 Å². The van der Waals surface area contributed by atoms with E-state index in [1.165, 1.54) is 35.8 Å². The van der Waals surface area contributed by atoms with Crippen LogP contribution in [0.2, 0.25) is 5.02 Å². The van der Waals surface area contributed by atoms with Gasteiger partial charge in [-0.15, -0.1) is 11.3 Å². The van der Waals surface area contributed by atoms with Gasteiger partial charge in [0.15, 0.2) is 0 Å². The number of thiophene rings is 1. The Morgan fingerprint density at radius 1 is 1.24 bits per heavy atom. The van der Waals surface area contributed by atoms with Gasteiger partial charge in [-0.2, -0.15) is 0 Å². The molecule has 0 bridgehead atoms. The van der Waals surface area contributed by atoms with Crippen LogP contribution >= 0.6 is 22.9 Å². The summed E-state index contributed by atoms with van der Waals surface area (Å²) < 4.78 is 5.33. The highest BCUT2D eigenvalue weighted by molar-refractivity contribution is 7.09. The monoisotopic (exact) mass is 376 g/mol. The van der Waals surface area contributed by atoms with Crippen LogP contribution in [-0.4, -0.2) is 15.7 Å². The Morgan fingerprint density at radius 2 is 2.08 bits per heavy atom. The van der Waals surface area contributed by atoms with Crippen LogP contribution in [-0.2, 0) is 13.1 Å². The van der Waals surface area contributed by atoms with Crippen molar-refractivity contribution in [1.82, 2.24) is 4.90 Å². The van der Waals surface area contributed by atoms with Gasteiger partial charge in [0.05, 0.1) is 24.3 Å². The Bertz CT molecular complexity index is 842. The molecule has 3 rings (SSSR count). The molecule has 25 heavy (non-hydrogen) atoms. The van der Waals surface area contributed by atoms with E-state index >= 15 is 0 Å². The summed E-state index contributed by atoms with van der Waals surface area (Å²) in [4.78, 5) is 26.0. The number of halogens is 1. The summed E-state index contributed by atoms with van der Waals surface area (Å²) in [5.74, 6) is 0.304. The molecular formula is C17H13ClN2O4S. The van der Waals surface area contributed by atoms with Crippen LogP contribution < -0.4 is 0 Å². The fourth-order valence-corrected chi connectivity index (χ4v) is 3.25. The van der Waals surface area contributed by atoms with Crippen molar-refractivity contribution in [3.63, 3.8) is 0 Å². The number of nitro groups is 1. The number of amides is 1. The van der Waals surface area contributed by atoms with Gasteiger partial charge in [-0.25, -0.2) is 0 Å². The van der Waals surface area contributed by atoms with Crippen LogP contribution in [0.3, 0.4) is 0 Å². The summed E-state index contributed by atoms with van der Waals surface area (Å²) in [5, 5.41) is 13.0. The molecule has 0 spiro atoms. The summed E-state index contributed by atoms with van der Waals surface area (Å²) >= 11 is 7.36. The summed E-state index contributed by atoms with van der Waals surface area (Å²) in [6.07, 6.45) is 1.54. The maximum atomic E-state index is 12.9. The van der Waals surface area contributed by atoms with Crippen LogP contribution in [0.5, 0.6) is 0 Å². The lowest BCUT2D eigenvalue weighted by molar-refractivity contribution is -0.384. The van der Waals surface area contributed by atoms with E-state index in [9.17, 15) is 14.9 Å². The van der Waals surface area contributed by atoms with Gasteiger partial charge in [-0.1, -0.05) is 17.7 Å². The first-order chi connectivity index (χ1) is 12.0. The van der Waals surface area contributed by atoms with Crippen LogP contribution in [0.1, 0.15) is 21.0 Å². The minimum atomic E-state index is -0.602. The molecule has 2 heterocycles. The van der Waals surface area contributed by atoms with Crippen molar-refractivity contribution in [3.8, 4) is 0 Å². The zero-order chi connectivity index (χ0) is 17.8. The van der Waals surface area contributed by atoms with E-state index in [1.54, 1.807) is 17.0 Å². The molecular weight excluding hydrogens is 364 g/mol. The molecule has 0 saturated heterocycles. The van der Waals surface area contributed by atoms with Gasteiger partial charge in [0.2, 0.25) is 0 Å². The van der Waals surface area contributed by atoms with Gasteiger partial charge < -0.3 is 9.32 Å². The Morgan fingerprint density at radius 3 is 2.72 bits per heavy atom. The quantitative estimate of drug-likeness (QED) is 0.459. The third kappa shape index (κ3) is 4.07. The van der Waals surface area contributed by atoms with Crippen LogP contribution in [0.4, 0.5) is 5.69 Å². The van der Waals surface area contributed by atoms with Crippen molar-refractivity contribution in [2.75, 3.05) is 0 Å². The topological polar surface area (TPSA) is 76.6 Å². The first kappa shape index (κ1) is 17.2. The molecule has 0 fully saturated rings. The smallest absolute Gasteiger partial charge is 0.288 e. The number of rotatable bonds is 6. The van der Waals surface area contributed by atoms with Gasteiger partial charge in [-0.05, 0) is 35.7 Å². The molecule has 1 amide bonds. The standard InChI is InChI=1S/C17H13ClN2O4S/c18-15-6-5-12(9-16(15)20(22)23)17(21)19(10-13-3-1-7-24-13)11-14-4-2-8-25-14/h1-9H,10-11H2. The normalized spacial score (nSPS) is 10.6. The van der Waals surface area contributed by atoms with Crippen LogP contribution in [0.15, 0.2) is 58.5 Å². The average Bonchev–Trinajstić information content (AvgIpc) is 3.27. The number of carbonyl (C=O) groups excluding carboxylic acids is 1. The Kier molecular flexibility index (Phi) is 5.16. The predicted octanol–water partition coefficient (Wildman–Crippen LogP) is 4.75. The lowest BCUT2D eigenvalue weighted by Crippen LogP contribution is -2.29. The van der Waals surface area contributed by atoms with Crippen molar-refractivity contribution in [2.45, 2.75) is 13.1 Å². The second kappa shape index (κ2) is 7.50. The van der Waals surface area contributed by atoms with Crippen molar-refractivity contribution >= 4 is 34.5 Å². The molecule has 2 aromatic heterocycles. The van der Waals surface area contributed by atoms with Gasteiger partial charge >= 0.3 is 0 Å². The minimum absolute atomic E-state index is 0.00242. The number of nitro benzene ring substituents is 1. The molecule has 0 aliphatic rings. The largest absolute Gasteiger partial charge is 0.467 e. The van der Waals surface area contributed by atoms with E-state index in [0.717, 1.165) is 4.88 Å². The summed E-state index contributed by atoms with van der Waals surface area (Å²) in [7, 11) is 0. The summed E-state index contributed by atoms with van der Waals surface area (Å²) in [6, 6.07) is 11.4. The molecule has 0 radical (unpaired) electrons. The third-order valence-corrected chi connectivity index (χ3v) is 4.71. The average molecular weight is 377 g/mol. The fraction of sp³-hybridized carbons (Fsp3) is 0.118. The predicted molar refractivity (Wildman–Crippen MR) is 94.7 cm³/mol. The molecule has 8 heteroatoms. The lowest BCUT2D eigenvalue weighted by Gasteiger charge is -2.21. The third-order valence-electron chi connectivity index (χ3n) is 3.53. The van der Waals surface area contributed by atoms with E-state index in [2.05, 4.69) is 0 Å². The van der Waals surface area contributed by atoms with Crippen molar-refractivity contribution in [3.05, 3.63) is 85.4 Å². The highest BCUT2D eigenvalue weighted by Gasteiger charge is 2.22. The van der Waals surface area contributed by atoms with Gasteiger partial charge in [0.1, 0.15) is 10.8 Å². The molecule has 6 nitrogen and oxygen atoms in total. The summed E-state index contributed by atoms with van der Waals surface area (Å²) in [6.45, 7) is 0.647. The van der Waals surface area contributed by atoms with Gasteiger partial charge in [0.25, 0.3) is 11.6 Å². The number of nitrogens with zero attached hydrogens (tertiary/aromatic N) is 2. The van der Waals surface area contributed by atoms with Crippen molar-refractivity contribution < 1.29 is 14.1 Å². The molecule has 0 aliphatic carbocycles. The van der Waals surface area contributed by atoms with E-state index in [-0.39, 0.29) is 28.7 Å². The second-order valence-electron chi connectivity index (χ2n) is 5.24. The lowest BCUT2D eigenvalue weighted by atomic mass is 10.1. The zero-order valence-electron chi connectivity index (χ0n) is 12.9. The van der Waals surface area contributed by atoms with Gasteiger partial charge in [0, 0.05) is 16.5 Å². The first-order valence-electron chi connectivity index (χ1n) is 7.32. The number of benzene rings is 1. The highest BCUT2D eigenvalue weighted by Crippen LogP contribution is 2.26. The first-order valence-corrected chi connectivity index (χ1v) is 8.58. The van der Waals surface area contributed by atoms with Crippen LogP contribution in [0, 0.1) is 10.1 Å². The SMILES string of the molecule is O=C(c1ccc(Cl)c([N+](=O)[O-])c1)N(Cc1ccco1)Cc1cccs1. The summed E-state index contributed by atoms with van der Waals surface area (Å²) in [5.41, 5.74) is -0.0826. The Hall–Kier alpha value is -2.64. The van der Waals surface area contributed by atoms with Crippen LogP contribution in [0.25, 0.3) is 0 Å². The molecule has 0 atom stereocenters. The number of furan rings is 1. The molecule has 0 unspecified atom stereocenters. The molecule has 1 aromatic carbocycles. The fourth-order valence-electron chi connectivity index (χ4n) is 2.35. The number of hydrogen-bond donors (Lipinski definition) is 0. The number of hydrogen-bond acceptors (Lipinski definition) is 5. The maximum Gasteiger partial charge on any atom is 0.288 e. The molecule has 0 N–H and O–H groups in total. The highest BCUT2D eigenvalue weighted by atomic mass is 35.5. The minimum Gasteiger partial charge on any atom is -0.467 e. The molecule has 128 valence electrons. The van der Waals surface area contributed by atoms with Crippen molar-refractivity contribution in [1.29, 1.82) is 0 Å². The second-order valence-corrected chi connectivity index (χ2v) is 6.68. The molecule has 3 aromatic rings. The Balaban J connectivity index is 1.90. The van der Waals surface area contributed by atoms with Gasteiger partial charge in [-0.3, -0.25) is 14.9 Å². The van der Waals surface area contributed by atoms with E-state index < -0.39 is 4.92 Å². The van der Waals surface area contributed by atoms with E-state index in [1.807, 2.05) is 17.5 Å². The van der Waals surface area contributed by atoms with E-state index in [0.29, 0.717) is 12.3 Å². The molecule has 0 aliphatic heterocycles. The molecule has 0 saturated carbocycles. The maximum absolute atomic E-state index is 12.9. The van der Waals surface area contributed by atoms with E-state index in [4.69, 9.17) is 16.0 Å².